The number of allylic oxidation sites excluding steroid dienone is 1. The summed E-state index contributed by atoms with van der Waals surface area (Å²) in [7, 11) is 0. The monoisotopic (exact) mass is 194 g/mol. The molecule has 0 bridgehead atoms. The molecule has 2 atom stereocenters. The maximum Gasteiger partial charge on any atom is -0.0286 e. The van der Waals surface area contributed by atoms with Crippen molar-refractivity contribution in [1.82, 2.24) is 0 Å². The zero-order valence-corrected chi connectivity index (χ0v) is 10.8. The molecule has 1 aliphatic rings. The van der Waals surface area contributed by atoms with E-state index in [-0.39, 0.29) is 0 Å². The predicted molar refractivity (Wildman–Crippen MR) is 64.3 cm³/mol. The van der Waals surface area contributed by atoms with Gasteiger partial charge in [0.2, 0.25) is 0 Å². The van der Waals surface area contributed by atoms with E-state index >= 15 is 0 Å². The van der Waals surface area contributed by atoms with Crippen LogP contribution in [0.15, 0.2) is 12.2 Å². The maximum atomic E-state index is 4.18. The van der Waals surface area contributed by atoms with Gasteiger partial charge in [0.25, 0.3) is 0 Å². The molecule has 1 fully saturated rings. The molecule has 1 saturated carbocycles. The summed E-state index contributed by atoms with van der Waals surface area (Å²) in [6, 6.07) is 0. The average Bonchev–Trinajstić information content (AvgIpc) is 2.27. The SMILES string of the molecule is C=C1CC(C(C)(C)C)C(C(C)(C)C)C1. The van der Waals surface area contributed by atoms with Crippen LogP contribution in [0.5, 0.6) is 0 Å². The van der Waals surface area contributed by atoms with Crippen molar-refractivity contribution in [3.63, 3.8) is 0 Å². The first-order valence-electron chi connectivity index (χ1n) is 5.79. The van der Waals surface area contributed by atoms with Crippen molar-refractivity contribution in [2.45, 2.75) is 54.4 Å². The molecule has 0 radical (unpaired) electrons. The predicted octanol–water partition coefficient (Wildman–Crippen LogP) is 4.66. The Morgan fingerprint density at radius 1 is 0.857 bits per heavy atom. The molecule has 14 heavy (non-hydrogen) atoms. The Balaban J connectivity index is 2.89. The first kappa shape index (κ1) is 11.8. The molecule has 0 aromatic carbocycles. The highest BCUT2D eigenvalue weighted by atomic mass is 14.5. The Labute approximate surface area is 89.8 Å². The Morgan fingerprint density at radius 2 is 1.14 bits per heavy atom. The van der Waals surface area contributed by atoms with Gasteiger partial charge in [-0.15, -0.1) is 0 Å². The molecular formula is C14H26. The summed E-state index contributed by atoms with van der Waals surface area (Å²) in [6.07, 6.45) is 2.48. The highest BCUT2D eigenvalue weighted by Gasteiger charge is 2.42. The smallest absolute Gasteiger partial charge is 0.0286 e. The number of hydrogen-bond donors (Lipinski definition) is 0. The van der Waals surface area contributed by atoms with E-state index < -0.39 is 0 Å². The summed E-state index contributed by atoms with van der Waals surface area (Å²) < 4.78 is 0. The van der Waals surface area contributed by atoms with Gasteiger partial charge < -0.3 is 0 Å². The van der Waals surface area contributed by atoms with E-state index in [4.69, 9.17) is 0 Å². The van der Waals surface area contributed by atoms with Crippen LogP contribution in [0, 0.1) is 22.7 Å². The quantitative estimate of drug-likeness (QED) is 0.492. The van der Waals surface area contributed by atoms with Crippen LogP contribution < -0.4 is 0 Å². The van der Waals surface area contributed by atoms with Crippen molar-refractivity contribution in [3.05, 3.63) is 12.2 Å². The summed E-state index contributed by atoms with van der Waals surface area (Å²) in [4.78, 5) is 0. The lowest BCUT2D eigenvalue weighted by Crippen LogP contribution is -2.32. The van der Waals surface area contributed by atoms with Crippen molar-refractivity contribution >= 4 is 0 Å². The molecule has 0 N–H and O–H groups in total. The van der Waals surface area contributed by atoms with E-state index in [0.717, 1.165) is 11.8 Å². The summed E-state index contributed by atoms with van der Waals surface area (Å²) in [5, 5.41) is 0. The summed E-state index contributed by atoms with van der Waals surface area (Å²) >= 11 is 0. The molecule has 82 valence electrons. The van der Waals surface area contributed by atoms with Gasteiger partial charge in [-0.1, -0.05) is 53.7 Å². The Kier molecular flexibility index (Phi) is 2.87. The minimum absolute atomic E-state index is 0.428. The van der Waals surface area contributed by atoms with E-state index in [2.05, 4.69) is 48.1 Å². The van der Waals surface area contributed by atoms with Gasteiger partial charge >= 0.3 is 0 Å². The van der Waals surface area contributed by atoms with Crippen LogP contribution in [0.4, 0.5) is 0 Å². The van der Waals surface area contributed by atoms with Gasteiger partial charge in [-0.3, -0.25) is 0 Å². The van der Waals surface area contributed by atoms with Crippen LogP contribution in [0.25, 0.3) is 0 Å². The molecule has 0 spiro atoms. The lowest BCUT2D eigenvalue weighted by atomic mass is 9.66. The fourth-order valence-corrected chi connectivity index (χ4v) is 2.81. The fraction of sp³-hybridized carbons (Fsp3) is 0.857. The lowest BCUT2D eigenvalue weighted by molar-refractivity contribution is 0.0992. The van der Waals surface area contributed by atoms with Crippen LogP contribution in [0.3, 0.4) is 0 Å². The molecule has 0 aromatic heterocycles. The summed E-state index contributed by atoms with van der Waals surface area (Å²) in [5.74, 6) is 1.63. The highest BCUT2D eigenvalue weighted by Crippen LogP contribution is 2.52. The second-order valence-corrected chi connectivity index (χ2v) is 7.10. The van der Waals surface area contributed by atoms with Crippen molar-refractivity contribution < 1.29 is 0 Å². The highest BCUT2D eigenvalue weighted by molar-refractivity contribution is 5.10. The van der Waals surface area contributed by atoms with Gasteiger partial charge in [0.1, 0.15) is 0 Å². The maximum absolute atomic E-state index is 4.18. The third kappa shape index (κ3) is 2.40. The summed E-state index contributed by atoms with van der Waals surface area (Å²) in [6.45, 7) is 18.4. The topological polar surface area (TPSA) is 0 Å². The average molecular weight is 194 g/mol. The fourth-order valence-electron chi connectivity index (χ4n) is 2.81. The van der Waals surface area contributed by atoms with Gasteiger partial charge in [0, 0.05) is 0 Å². The number of hydrogen-bond acceptors (Lipinski definition) is 0. The minimum Gasteiger partial charge on any atom is -0.0998 e. The Bertz CT molecular complexity index is 197. The zero-order valence-electron chi connectivity index (χ0n) is 10.8. The van der Waals surface area contributed by atoms with Crippen LogP contribution in [-0.2, 0) is 0 Å². The van der Waals surface area contributed by atoms with E-state index in [1.807, 2.05) is 0 Å². The zero-order chi connectivity index (χ0) is 11.1. The van der Waals surface area contributed by atoms with Crippen molar-refractivity contribution in [2.24, 2.45) is 22.7 Å². The largest absolute Gasteiger partial charge is 0.0998 e. The number of rotatable bonds is 0. The van der Waals surface area contributed by atoms with Gasteiger partial charge in [0.05, 0.1) is 0 Å². The molecule has 0 aliphatic heterocycles. The first-order valence-corrected chi connectivity index (χ1v) is 5.79. The Hall–Kier alpha value is -0.260. The molecule has 1 rings (SSSR count). The van der Waals surface area contributed by atoms with E-state index in [9.17, 15) is 0 Å². The third-order valence-corrected chi connectivity index (χ3v) is 3.73. The molecule has 0 aromatic rings. The first-order chi connectivity index (χ1) is 6.12. The van der Waals surface area contributed by atoms with Crippen LogP contribution in [0.1, 0.15) is 54.4 Å². The van der Waals surface area contributed by atoms with E-state index in [1.165, 1.54) is 18.4 Å². The molecule has 0 heteroatoms. The van der Waals surface area contributed by atoms with Crippen molar-refractivity contribution in [1.29, 1.82) is 0 Å². The van der Waals surface area contributed by atoms with Crippen molar-refractivity contribution in [3.8, 4) is 0 Å². The minimum atomic E-state index is 0.428. The molecule has 1 aliphatic carbocycles. The molecule has 0 saturated heterocycles. The van der Waals surface area contributed by atoms with Crippen LogP contribution >= 0.6 is 0 Å². The molecule has 2 unspecified atom stereocenters. The van der Waals surface area contributed by atoms with Crippen LogP contribution in [0.2, 0.25) is 0 Å². The van der Waals surface area contributed by atoms with E-state index in [1.54, 1.807) is 0 Å². The molecular weight excluding hydrogens is 168 g/mol. The molecule has 0 amide bonds. The van der Waals surface area contributed by atoms with Crippen molar-refractivity contribution in [2.75, 3.05) is 0 Å². The van der Waals surface area contributed by atoms with Gasteiger partial charge in [-0.25, -0.2) is 0 Å². The summed E-state index contributed by atoms with van der Waals surface area (Å²) in [5.41, 5.74) is 2.32. The third-order valence-electron chi connectivity index (χ3n) is 3.73. The standard InChI is InChI=1S/C14H26/c1-10-8-11(13(2,3)4)12(9-10)14(5,6)7/h11-12H,1,8-9H2,2-7H3. The van der Waals surface area contributed by atoms with Gasteiger partial charge in [-0.05, 0) is 35.5 Å². The van der Waals surface area contributed by atoms with E-state index in [0.29, 0.717) is 10.8 Å². The lowest BCUT2D eigenvalue weighted by Gasteiger charge is -2.39. The normalized spacial score (nSPS) is 29.7. The van der Waals surface area contributed by atoms with Gasteiger partial charge in [-0.2, -0.15) is 0 Å². The Morgan fingerprint density at radius 3 is 1.36 bits per heavy atom. The van der Waals surface area contributed by atoms with Crippen LogP contribution in [-0.4, -0.2) is 0 Å². The molecule has 0 nitrogen and oxygen atoms in total. The molecule has 0 heterocycles. The second-order valence-electron chi connectivity index (χ2n) is 7.10. The van der Waals surface area contributed by atoms with Gasteiger partial charge in [0.15, 0.2) is 0 Å². The second kappa shape index (κ2) is 3.40.